The molecule has 0 saturated heterocycles. The van der Waals surface area contributed by atoms with E-state index in [-0.39, 0.29) is 5.60 Å². The first-order chi connectivity index (χ1) is 6.66. The summed E-state index contributed by atoms with van der Waals surface area (Å²) in [5, 5.41) is 9.99. The fourth-order valence-corrected chi connectivity index (χ4v) is 1.81. The highest BCUT2D eigenvalue weighted by Crippen LogP contribution is 2.27. The van der Waals surface area contributed by atoms with Crippen LogP contribution in [0.4, 0.5) is 0 Å². The minimum atomic E-state index is -0.407. The van der Waals surface area contributed by atoms with Crippen LogP contribution >= 0.6 is 0 Å². The van der Waals surface area contributed by atoms with Crippen LogP contribution in [-0.4, -0.2) is 23.9 Å². The van der Waals surface area contributed by atoms with E-state index in [1.165, 1.54) is 0 Å². The molecule has 1 atom stereocenters. The van der Waals surface area contributed by atoms with Crippen LogP contribution in [0.3, 0.4) is 0 Å². The van der Waals surface area contributed by atoms with Crippen LogP contribution in [0.5, 0.6) is 0 Å². The maximum atomic E-state index is 9.99. The number of ether oxygens (including phenoxy) is 1. The van der Waals surface area contributed by atoms with Crippen LogP contribution in [0.25, 0.3) is 0 Å². The first-order valence-corrected chi connectivity index (χ1v) is 5.33. The van der Waals surface area contributed by atoms with Crippen molar-refractivity contribution in [3.05, 3.63) is 0 Å². The van der Waals surface area contributed by atoms with Crippen molar-refractivity contribution >= 4 is 0 Å². The van der Waals surface area contributed by atoms with Crippen molar-refractivity contribution in [1.82, 2.24) is 0 Å². The van der Waals surface area contributed by atoms with E-state index >= 15 is 0 Å². The normalized spacial score (nSPS) is 13.6. The van der Waals surface area contributed by atoms with E-state index in [0.29, 0.717) is 0 Å². The SMILES string of the molecule is C#CCCCC(O)C(CC)(CC)OC. The highest BCUT2D eigenvalue weighted by molar-refractivity contribution is 4.88. The molecule has 0 amide bonds. The van der Waals surface area contributed by atoms with Crippen molar-refractivity contribution in [1.29, 1.82) is 0 Å². The second-order valence-electron chi connectivity index (χ2n) is 3.59. The van der Waals surface area contributed by atoms with Crippen LogP contribution in [0.2, 0.25) is 0 Å². The molecule has 0 rings (SSSR count). The fraction of sp³-hybridized carbons (Fsp3) is 0.833. The monoisotopic (exact) mass is 198 g/mol. The summed E-state index contributed by atoms with van der Waals surface area (Å²) < 4.78 is 5.43. The van der Waals surface area contributed by atoms with Gasteiger partial charge in [-0.3, -0.25) is 0 Å². The molecular weight excluding hydrogens is 176 g/mol. The predicted molar refractivity (Wildman–Crippen MR) is 59.0 cm³/mol. The molecule has 82 valence electrons. The Bertz CT molecular complexity index is 169. The minimum absolute atomic E-state index is 0.380. The van der Waals surface area contributed by atoms with E-state index < -0.39 is 6.10 Å². The molecule has 0 aliphatic rings. The zero-order chi connectivity index (χ0) is 11.0. The van der Waals surface area contributed by atoms with Gasteiger partial charge >= 0.3 is 0 Å². The molecule has 2 heteroatoms. The van der Waals surface area contributed by atoms with Crippen LogP contribution in [0, 0.1) is 12.3 Å². The van der Waals surface area contributed by atoms with Gasteiger partial charge in [0, 0.05) is 13.5 Å². The average Bonchev–Trinajstić information content (AvgIpc) is 2.22. The van der Waals surface area contributed by atoms with E-state index in [9.17, 15) is 5.11 Å². The van der Waals surface area contributed by atoms with E-state index in [1.807, 2.05) is 13.8 Å². The molecule has 0 saturated carbocycles. The highest BCUT2D eigenvalue weighted by Gasteiger charge is 2.33. The van der Waals surface area contributed by atoms with Gasteiger partial charge < -0.3 is 9.84 Å². The number of unbranched alkanes of at least 4 members (excludes halogenated alkanes) is 1. The van der Waals surface area contributed by atoms with Gasteiger partial charge in [-0.2, -0.15) is 0 Å². The van der Waals surface area contributed by atoms with Crippen molar-refractivity contribution in [3.63, 3.8) is 0 Å². The molecule has 1 unspecified atom stereocenters. The summed E-state index contributed by atoms with van der Waals surface area (Å²) >= 11 is 0. The summed E-state index contributed by atoms with van der Waals surface area (Å²) in [6.07, 6.45) is 8.73. The third-order valence-electron chi connectivity index (χ3n) is 3.01. The molecule has 0 aliphatic heterocycles. The summed E-state index contributed by atoms with van der Waals surface area (Å²) in [6.45, 7) is 4.08. The zero-order valence-corrected chi connectivity index (χ0v) is 9.55. The summed E-state index contributed by atoms with van der Waals surface area (Å²) in [5.74, 6) is 2.58. The van der Waals surface area contributed by atoms with Crippen LogP contribution < -0.4 is 0 Å². The summed E-state index contributed by atoms with van der Waals surface area (Å²) in [7, 11) is 1.66. The van der Waals surface area contributed by atoms with Crippen LogP contribution in [0.1, 0.15) is 46.0 Å². The van der Waals surface area contributed by atoms with Gasteiger partial charge in [0.15, 0.2) is 0 Å². The third-order valence-corrected chi connectivity index (χ3v) is 3.01. The number of aliphatic hydroxyl groups is 1. The topological polar surface area (TPSA) is 29.5 Å². The smallest absolute Gasteiger partial charge is 0.0931 e. The predicted octanol–water partition coefficient (Wildman–Crippen LogP) is 2.36. The molecule has 0 radical (unpaired) electrons. The Labute approximate surface area is 87.7 Å². The van der Waals surface area contributed by atoms with E-state index in [4.69, 9.17) is 11.2 Å². The maximum absolute atomic E-state index is 9.99. The van der Waals surface area contributed by atoms with Gasteiger partial charge in [-0.25, -0.2) is 0 Å². The highest BCUT2D eigenvalue weighted by atomic mass is 16.5. The van der Waals surface area contributed by atoms with Gasteiger partial charge in [0.25, 0.3) is 0 Å². The lowest BCUT2D eigenvalue weighted by Crippen LogP contribution is -2.43. The molecule has 14 heavy (non-hydrogen) atoms. The molecule has 0 spiro atoms. The number of methoxy groups -OCH3 is 1. The van der Waals surface area contributed by atoms with Crippen LogP contribution in [-0.2, 0) is 4.74 Å². The first kappa shape index (κ1) is 13.5. The van der Waals surface area contributed by atoms with Crippen molar-refractivity contribution in [2.45, 2.75) is 57.7 Å². The summed E-state index contributed by atoms with van der Waals surface area (Å²) in [4.78, 5) is 0. The molecule has 0 heterocycles. The van der Waals surface area contributed by atoms with Crippen LogP contribution in [0.15, 0.2) is 0 Å². The lowest BCUT2D eigenvalue weighted by atomic mass is 9.87. The van der Waals surface area contributed by atoms with E-state index in [2.05, 4.69) is 5.92 Å². The molecule has 1 N–H and O–H groups in total. The van der Waals surface area contributed by atoms with Gasteiger partial charge in [-0.05, 0) is 25.7 Å². The quantitative estimate of drug-likeness (QED) is 0.502. The number of aliphatic hydroxyl groups excluding tert-OH is 1. The molecule has 0 aromatic heterocycles. The second-order valence-corrected chi connectivity index (χ2v) is 3.59. The lowest BCUT2D eigenvalue weighted by molar-refractivity contribution is -0.110. The van der Waals surface area contributed by atoms with Gasteiger partial charge in [-0.1, -0.05) is 13.8 Å². The number of rotatable bonds is 7. The van der Waals surface area contributed by atoms with Crippen molar-refractivity contribution < 1.29 is 9.84 Å². The molecule has 0 aromatic carbocycles. The molecular formula is C12H22O2. The Balaban J connectivity index is 4.15. The largest absolute Gasteiger partial charge is 0.390 e. The lowest BCUT2D eigenvalue weighted by Gasteiger charge is -2.35. The number of terminal acetylenes is 1. The zero-order valence-electron chi connectivity index (χ0n) is 9.55. The van der Waals surface area contributed by atoms with Gasteiger partial charge in [0.2, 0.25) is 0 Å². The standard InChI is InChI=1S/C12H22O2/c1-5-8-9-10-11(13)12(6-2,7-3)14-4/h1,11,13H,6-10H2,2-4H3. The molecule has 0 aromatic rings. The molecule has 0 aliphatic carbocycles. The Morgan fingerprint density at radius 2 is 2.00 bits per heavy atom. The summed E-state index contributed by atoms with van der Waals surface area (Å²) in [6, 6.07) is 0. The van der Waals surface area contributed by atoms with Crippen molar-refractivity contribution in [3.8, 4) is 12.3 Å². The van der Waals surface area contributed by atoms with E-state index in [0.717, 1.165) is 32.1 Å². The molecule has 0 fully saturated rings. The third kappa shape index (κ3) is 3.32. The average molecular weight is 198 g/mol. The fourth-order valence-electron chi connectivity index (χ4n) is 1.81. The van der Waals surface area contributed by atoms with E-state index in [1.54, 1.807) is 7.11 Å². The van der Waals surface area contributed by atoms with Crippen molar-refractivity contribution in [2.75, 3.05) is 7.11 Å². The number of hydrogen-bond acceptors (Lipinski definition) is 2. The number of hydrogen-bond donors (Lipinski definition) is 1. The van der Waals surface area contributed by atoms with Crippen molar-refractivity contribution in [2.24, 2.45) is 0 Å². The Morgan fingerprint density at radius 1 is 1.43 bits per heavy atom. The molecule has 0 bridgehead atoms. The Morgan fingerprint density at radius 3 is 2.36 bits per heavy atom. The molecule has 2 nitrogen and oxygen atoms in total. The minimum Gasteiger partial charge on any atom is -0.390 e. The van der Waals surface area contributed by atoms with Gasteiger partial charge in [-0.15, -0.1) is 12.3 Å². The Kier molecular flexibility index (Phi) is 6.61. The van der Waals surface area contributed by atoms with Gasteiger partial charge in [0.05, 0.1) is 11.7 Å². The second kappa shape index (κ2) is 6.86. The van der Waals surface area contributed by atoms with Gasteiger partial charge in [0.1, 0.15) is 0 Å². The Hall–Kier alpha value is -0.520. The summed E-state index contributed by atoms with van der Waals surface area (Å²) in [5.41, 5.74) is -0.380. The maximum Gasteiger partial charge on any atom is 0.0931 e. The first-order valence-electron chi connectivity index (χ1n) is 5.33.